The zero-order valence-electron chi connectivity index (χ0n) is 15.0. The van der Waals surface area contributed by atoms with Crippen molar-refractivity contribution in [3.63, 3.8) is 0 Å². The molecule has 0 aromatic rings. The van der Waals surface area contributed by atoms with Gasteiger partial charge in [0.15, 0.2) is 6.23 Å². The summed E-state index contributed by atoms with van der Waals surface area (Å²) < 4.78 is -1.88. The number of rotatable bonds is 15. The Hall–Kier alpha value is 0.300. The number of alkyl halides is 3. The highest BCUT2D eigenvalue weighted by atomic mass is 35.6. The van der Waals surface area contributed by atoms with E-state index in [4.69, 9.17) is 34.8 Å². The molecule has 0 aliphatic heterocycles. The van der Waals surface area contributed by atoms with Crippen LogP contribution in [0.15, 0.2) is 0 Å². The molecule has 0 saturated heterocycles. The number of hydrogen-bond acceptors (Lipinski definition) is 2. The zero-order chi connectivity index (χ0) is 18.3. The monoisotopic (exact) mass is 401 g/mol. The van der Waals surface area contributed by atoms with E-state index in [1.54, 1.807) is 0 Å². The smallest absolute Gasteiger partial charge is 0.234 e. The van der Waals surface area contributed by atoms with Gasteiger partial charge in [-0.3, -0.25) is 4.79 Å². The van der Waals surface area contributed by atoms with Gasteiger partial charge in [-0.25, -0.2) is 0 Å². The highest BCUT2D eigenvalue weighted by molar-refractivity contribution is 6.68. The molecule has 2 N–H and O–H groups in total. The third-order valence-corrected chi connectivity index (χ3v) is 4.74. The van der Waals surface area contributed by atoms with Crippen LogP contribution in [0.2, 0.25) is 0 Å². The molecule has 0 spiro atoms. The van der Waals surface area contributed by atoms with Crippen LogP contribution in [0.25, 0.3) is 0 Å². The SMILES string of the molecule is CCCCCCCCCCCCCCCC(=O)NC(O)C(Cl)(Cl)Cl. The lowest BCUT2D eigenvalue weighted by Crippen LogP contribution is -2.43. The first-order valence-electron chi connectivity index (χ1n) is 9.42. The second-order valence-electron chi connectivity index (χ2n) is 6.50. The Morgan fingerprint density at radius 3 is 1.58 bits per heavy atom. The number of halogens is 3. The summed E-state index contributed by atoms with van der Waals surface area (Å²) in [4.78, 5) is 11.6. The van der Waals surface area contributed by atoms with Gasteiger partial charge in [0.25, 0.3) is 0 Å². The van der Waals surface area contributed by atoms with Crippen molar-refractivity contribution in [2.45, 2.75) is 107 Å². The average Bonchev–Trinajstić information content (AvgIpc) is 2.51. The predicted octanol–water partition coefficient (Wildman–Crippen LogP) is 6.27. The van der Waals surface area contributed by atoms with Crippen molar-refractivity contribution in [2.24, 2.45) is 0 Å². The number of carbonyl (C=O) groups is 1. The van der Waals surface area contributed by atoms with Crippen molar-refractivity contribution in [1.29, 1.82) is 0 Å². The molecule has 0 rings (SSSR count). The van der Waals surface area contributed by atoms with Crippen LogP contribution in [-0.4, -0.2) is 21.0 Å². The molecule has 0 heterocycles. The summed E-state index contributed by atoms with van der Waals surface area (Å²) in [6, 6.07) is 0. The van der Waals surface area contributed by atoms with Gasteiger partial charge in [0, 0.05) is 6.42 Å². The number of unbranched alkanes of at least 4 members (excludes halogenated alkanes) is 12. The first-order valence-corrected chi connectivity index (χ1v) is 10.6. The van der Waals surface area contributed by atoms with Crippen molar-refractivity contribution >= 4 is 40.7 Å². The Labute approximate surface area is 162 Å². The minimum atomic E-state index is -1.88. The Morgan fingerprint density at radius 2 is 1.21 bits per heavy atom. The number of nitrogens with one attached hydrogen (secondary N) is 1. The molecule has 3 nitrogen and oxygen atoms in total. The number of amides is 1. The standard InChI is InChI=1S/C18H34Cl3NO2/c1-2-3-4-5-6-7-8-9-10-11-12-13-14-15-16(23)22-17(24)18(19,20)21/h17,24H,2-15H2,1H3,(H,22,23). The van der Waals surface area contributed by atoms with E-state index in [0.717, 1.165) is 19.3 Å². The number of aliphatic hydroxyl groups is 1. The van der Waals surface area contributed by atoms with E-state index < -0.39 is 10.0 Å². The summed E-state index contributed by atoms with van der Waals surface area (Å²) in [7, 11) is 0. The van der Waals surface area contributed by atoms with E-state index >= 15 is 0 Å². The largest absolute Gasteiger partial charge is 0.369 e. The van der Waals surface area contributed by atoms with E-state index in [-0.39, 0.29) is 5.91 Å². The Kier molecular flexibility index (Phi) is 15.7. The maximum absolute atomic E-state index is 11.6. The fourth-order valence-electron chi connectivity index (χ4n) is 2.61. The lowest BCUT2D eigenvalue weighted by Gasteiger charge is -2.19. The Morgan fingerprint density at radius 1 is 0.833 bits per heavy atom. The highest BCUT2D eigenvalue weighted by Crippen LogP contribution is 2.28. The van der Waals surface area contributed by atoms with Gasteiger partial charge < -0.3 is 10.4 Å². The van der Waals surface area contributed by atoms with Crippen molar-refractivity contribution in [3.05, 3.63) is 0 Å². The molecule has 6 heteroatoms. The molecular weight excluding hydrogens is 369 g/mol. The molecular formula is C18H34Cl3NO2. The van der Waals surface area contributed by atoms with Crippen molar-refractivity contribution < 1.29 is 9.90 Å². The predicted molar refractivity (Wildman–Crippen MR) is 105 cm³/mol. The molecule has 144 valence electrons. The summed E-state index contributed by atoms with van der Waals surface area (Å²) in [6.07, 6.45) is 15.3. The minimum absolute atomic E-state index is 0.281. The van der Waals surface area contributed by atoms with E-state index in [9.17, 15) is 9.90 Å². The summed E-state index contributed by atoms with van der Waals surface area (Å²) in [5.41, 5.74) is 0. The third-order valence-electron chi connectivity index (χ3n) is 4.12. The minimum Gasteiger partial charge on any atom is -0.369 e. The molecule has 0 bridgehead atoms. The highest BCUT2D eigenvalue weighted by Gasteiger charge is 2.31. The van der Waals surface area contributed by atoms with Gasteiger partial charge in [-0.1, -0.05) is 119 Å². The molecule has 0 radical (unpaired) electrons. The molecule has 1 atom stereocenters. The quantitative estimate of drug-likeness (QED) is 0.192. The van der Waals surface area contributed by atoms with Gasteiger partial charge in [-0.05, 0) is 6.42 Å². The molecule has 1 amide bonds. The number of hydrogen-bond donors (Lipinski definition) is 2. The molecule has 24 heavy (non-hydrogen) atoms. The molecule has 0 aromatic carbocycles. The van der Waals surface area contributed by atoms with Crippen LogP contribution in [0.3, 0.4) is 0 Å². The molecule has 0 saturated carbocycles. The fraction of sp³-hybridized carbons (Fsp3) is 0.944. The molecule has 0 aromatic heterocycles. The first-order chi connectivity index (χ1) is 11.4. The van der Waals surface area contributed by atoms with Crippen LogP contribution in [0, 0.1) is 0 Å². The van der Waals surface area contributed by atoms with Gasteiger partial charge in [0.2, 0.25) is 9.70 Å². The second-order valence-corrected chi connectivity index (χ2v) is 8.87. The van der Waals surface area contributed by atoms with Crippen molar-refractivity contribution in [1.82, 2.24) is 5.32 Å². The van der Waals surface area contributed by atoms with Crippen LogP contribution in [0.5, 0.6) is 0 Å². The fourth-order valence-corrected chi connectivity index (χ4v) is 2.77. The molecule has 0 aliphatic carbocycles. The van der Waals surface area contributed by atoms with E-state index in [0.29, 0.717) is 6.42 Å². The summed E-state index contributed by atoms with van der Waals surface area (Å²) >= 11 is 16.4. The number of carbonyl (C=O) groups excluding carboxylic acids is 1. The topological polar surface area (TPSA) is 49.3 Å². The van der Waals surface area contributed by atoms with E-state index in [2.05, 4.69) is 12.2 Å². The van der Waals surface area contributed by atoms with Crippen LogP contribution >= 0.6 is 34.8 Å². The van der Waals surface area contributed by atoms with E-state index in [1.165, 1.54) is 64.2 Å². The van der Waals surface area contributed by atoms with Crippen LogP contribution in [0.1, 0.15) is 96.8 Å². The maximum atomic E-state index is 11.6. The maximum Gasteiger partial charge on any atom is 0.234 e. The summed E-state index contributed by atoms with van der Waals surface area (Å²) in [6.45, 7) is 2.25. The normalized spacial score (nSPS) is 13.0. The molecule has 0 fully saturated rings. The van der Waals surface area contributed by atoms with Crippen molar-refractivity contribution in [2.75, 3.05) is 0 Å². The van der Waals surface area contributed by atoms with Gasteiger partial charge in [0.1, 0.15) is 0 Å². The summed E-state index contributed by atoms with van der Waals surface area (Å²) in [5, 5.41) is 11.7. The first kappa shape index (κ1) is 24.3. The van der Waals surface area contributed by atoms with Crippen LogP contribution in [0.4, 0.5) is 0 Å². The average molecular weight is 403 g/mol. The van der Waals surface area contributed by atoms with Gasteiger partial charge in [-0.2, -0.15) is 0 Å². The lowest BCUT2D eigenvalue weighted by molar-refractivity contribution is -0.124. The van der Waals surface area contributed by atoms with Crippen LogP contribution < -0.4 is 5.32 Å². The molecule has 0 aliphatic rings. The Bertz CT molecular complexity index is 309. The van der Waals surface area contributed by atoms with Gasteiger partial charge in [-0.15, -0.1) is 0 Å². The van der Waals surface area contributed by atoms with Crippen LogP contribution in [-0.2, 0) is 4.79 Å². The van der Waals surface area contributed by atoms with E-state index in [1.807, 2.05) is 0 Å². The second kappa shape index (κ2) is 15.5. The summed E-state index contributed by atoms with van der Waals surface area (Å²) in [5.74, 6) is -0.281. The Balaban J connectivity index is 3.29. The van der Waals surface area contributed by atoms with Gasteiger partial charge in [0.05, 0.1) is 0 Å². The van der Waals surface area contributed by atoms with Gasteiger partial charge >= 0.3 is 0 Å². The zero-order valence-corrected chi connectivity index (χ0v) is 17.2. The third kappa shape index (κ3) is 15.8. The van der Waals surface area contributed by atoms with Crippen molar-refractivity contribution in [3.8, 4) is 0 Å². The number of aliphatic hydroxyl groups excluding tert-OH is 1. The molecule has 1 unspecified atom stereocenters. The lowest BCUT2D eigenvalue weighted by atomic mass is 10.0.